The second kappa shape index (κ2) is 8.03. The van der Waals surface area contributed by atoms with Gasteiger partial charge in [-0.25, -0.2) is 0 Å². The first kappa shape index (κ1) is 18.6. The molecule has 0 aliphatic carbocycles. The first-order valence-electron chi connectivity index (χ1n) is 8.97. The van der Waals surface area contributed by atoms with Crippen LogP contribution in [0.3, 0.4) is 0 Å². The number of hydrogen-bond acceptors (Lipinski definition) is 3. The Labute approximate surface area is 158 Å². The minimum atomic E-state index is -0.253. The van der Waals surface area contributed by atoms with Gasteiger partial charge in [-0.2, -0.15) is 0 Å². The molecule has 0 spiro atoms. The van der Waals surface area contributed by atoms with Crippen molar-refractivity contribution in [2.24, 2.45) is 0 Å². The van der Waals surface area contributed by atoms with E-state index in [9.17, 15) is 14.4 Å². The minimum Gasteiger partial charge on any atom is -0.339 e. The summed E-state index contributed by atoms with van der Waals surface area (Å²) in [6.45, 7) is 5.56. The molecular weight excluding hydrogens is 342 g/mol. The fourth-order valence-corrected chi connectivity index (χ4v) is 3.13. The van der Waals surface area contributed by atoms with Crippen molar-refractivity contribution in [3.05, 3.63) is 65.2 Å². The second-order valence-electron chi connectivity index (χ2n) is 6.70. The Morgan fingerprint density at radius 2 is 1.48 bits per heavy atom. The van der Waals surface area contributed by atoms with Crippen LogP contribution in [0, 0.1) is 6.92 Å². The summed E-state index contributed by atoms with van der Waals surface area (Å²) < 4.78 is 0. The van der Waals surface area contributed by atoms with Crippen LogP contribution in [0.2, 0.25) is 0 Å². The highest BCUT2D eigenvalue weighted by molar-refractivity contribution is 6.06. The molecule has 1 heterocycles. The summed E-state index contributed by atoms with van der Waals surface area (Å²) in [5, 5.41) is 2.85. The molecule has 140 valence electrons. The van der Waals surface area contributed by atoms with Crippen LogP contribution >= 0.6 is 0 Å². The Kier molecular flexibility index (Phi) is 5.54. The molecule has 0 bridgehead atoms. The van der Waals surface area contributed by atoms with Crippen LogP contribution in [0.25, 0.3) is 0 Å². The standard InChI is InChI=1S/C21H23N3O3/c1-15-5-3-8-19(13-15)22-20(26)17-6-4-7-18(14-17)21(27)24-11-9-23(10-12-24)16(2)25/h3-8,13-14H,9-12H2,1-2H3,(H,22,26). The summed E-state index contributed by atoms with van der Waals surface area (Å²) in [4.78, 5) is 40.1. The van der Waals surface area contributed by atoms with Crippen LogP contribution in [-0.4, -0.2) is 53.7 Å². The molecule has 1 saturated heterocycles. The van der Waals surface area contributed by atoms with E-state index in [0.717, 1.165) is 11.3 Å². The summed E-state index contributed by atoms with van der Waals surface area (Å²) in [7, 11) is 0. The van der Waals surface area contributed by atoms with Gasteiger partial charge in [0.1, 0.15) is 0 Å². The van der Waals surface area contributed by atoms with Gasteiger partial charge < -0.3 is 15.1 Å². The third-order valence-corrected chi connectivity index (χ3v) is 4.66. The maximum absolute atomic E-state index is 12.7. The summed E-state index contributed by atoms with van der Waals surface area (Å²) in [6.07, 6.45) is 0. The quantitative estimate of drug-likeness (QED) is 0.909. The van der Waals surface area contributed by atoms with Crippen molar-refractivity contribution in [2.45, 2.75) is 13.8 Å². The molecule has 1 aliphatic heterocycles. The fraction of sp³-hybridized carbons (Fsp3) is 0.286. The van der Waals surface area contributed by atoms with Gasteiger partial charge >= 0.3 is 0 Å². The average Bonchev–Trinajstić information content (AvgIpc) is 2.67. The van der Waals surface area contributed by atoms with Gasteiger partial charge in [-0.3, -0.25) is 14.4 Å². The molecule has 1 fully saturated rings. The van der Waals surface area contributed by atoms with Crippen molar-refractivity contribution in [3.8, 4) is 0 Å². The first-order chi connectivity index (χ1) is 12.9. The Bertz CT molecular complexity index is 870. The van der Waals surface area contributed by atoms with E-state index in [2.05, 4.69) is 5.32 Å². The number of carbonyl (C=O) groups excluding carboxylic acids is 3. The van der Waals surface area contributed by atoms with Gasteiger partial charge in [0.05, 0.1) is 0 Å². The van der Waals surface area contributed by atoms with Crippen LogP contribution in [0.5, 0.6) is 0 Å². The van der Waals surface area contributed by atoms with E-state index in [1.54, 1.807) is 34.1 Å². The van der Waals surface area contributed by atoms with Crippen molar-refractivity contribution in [3.63, 3.8) is 0 Å². The summed E-state index contributed by atoms with van der Waals surface area (Å²) in [5.74, 6) is -0.350. The van der Waals surface area contributed by atoms with Crippen LogP contribution in [0.15, 0.2) is 48.5 Å². The van der Waals surface area contributed by atoms with E-state index in [1.165, 1.54) is 6.92 Å². The zero-order valence-corrected chi connectivity index (χ0v) is 15.6. The zero-order valence-electron chi connectivity index (χ0n) is 15.6. The number of piperazine rings is 1. The van der Waals surface area contributed by atoms with Crippen LogP contribution in [0.1, 0.15) is 33.2 Å². The smallest absolute Gasteiger partial charge is 0.255 e. The largest absolute Gasteiger partial charge is 0.339 e. The lowest BCUT2D eigenvalue weighted by Crippen LogP contribution is -2.50. The molecule has 2 aromatic rings. The van der Waals surface area contributed by atoms with Crippen LogP contribution in [0.4, 0.5) is 5.69 Å². The molecule has 3 amide bonds. The fourth-order valence-electron chi connectivity index (χ4n) is 3.13. The Morgan fingerprint density at radius 1 is 0.852 bits per heavy atom. The molecule has 0 atom stereocenters. The molecule has 2 aromatic carbocycles. The summed E-state index contributed by atoms with van der Waals surface area (Å²) >= 11 is 0. The van der Waals surface area contributed by atoms with Crippen molar-refractivity contribution in [1.82, 2.24) is 9.80 Å². The lowest BCUT2D eigenvalue weighted by atomic mass is 10.1. The molecule has 1 N–H and O–H groups in total. The van der Waals surface area contributed by atoms with Gasteiger partial charge in [-0.15, -0.1) is 0 Å². The molecule has 6 heteroatoms. The predicted molar refractivity (Wildman–Crippen MR) is 104 cm³/mol. The van der Waals surface area contributed by atoms with E-state index >= 15 is 0 Å². The maximum Gasteiger partial charge on any atom is 0.255 e. The van der Waals surface area contributed by atoms with Crippen LogP contribution in [-0.2, 0) is 4.79 Å². The highest BCUT2D eigenvalue weighted by Gasteiger charge is 2.23. The van der Waals surface area contributed by atoms with Gasteiger partial charge in [0.15, 0.2) is 0 Å². The van der Waals surface area contributed by atoms with Gasteiger partial charge in [0, 0.05) is 49.9 Å². The van der Waals surface area contributed by atoms with Crippen LogP contribution < -0.4 is 5.32 Å². The van der Waals surface area contributed by atoms with Crippen molar-refractivity contribution < 1.29 is 14.4 Å². The second-order valence-corrected chi connectivity index (χ2v) is 6.70. The van der Waals surface area contributed by atoms with E-state index in [-0.39, 0.29) is 17.7 Å². The maximum atomic E-state index is 12.7. The minimum absolute atomic E-state index is 0.0249. The molecule has 6 nitrogen and oxygen atoms in total. The number of carbonyl (C=O) groups is 3. The van der Waals surface area contributed by atoms with E-state index in [4.69, 9.17) is 0 Å². The monoisotopic (exact) mass is 365 g/mol. The Balaban J connectivity index is 1.69. The highest BCUT2D eigenvalue weighted by Crippen LogP contribution is 2.14. The third-order valence-electron chi connectivity index (χ3n) is 4.66. The predicted octanol–water partition coefficient (Wildman–Crippen LogP) is 2.55. The normalized spacial score (nSPS) is 14.0. The van der Waals surface area contributed by atoms with E-state index < -0.39 is 0 Å². The van der Waals surface area contributed by atoms with Crippen molar-refractivity contribution in [2.75, 3.05) is 31.5 Å². The molecule has 27 heavy (non-hydrogen) atoms. The molecule has 0 aromatic heterocycles. The third kappa shape index (κ3) is 4.53. The first-order valence-corrected chi connectivity index (χ1v) is 8.97. The van der Waals surface area contributed by atoms with Gasteiger partial charge in [-0.1, -0.05) is 18.2 Å². The average molecular weight is 365 g/mol. The highest BCUT2D eigenvalue weighted by atomic mass is 16.2. The number of nitrogens with one attached hydrogen (secondary N) is 1. The van der Waals surface area contributed by atoms with E-state index in [0.29, 0.717) is 37.3 Å². The van der Waals surface area contributed by atoms with Gasteiger partial charge in [0.25, 0.3) is 11.8 Å². The van der Waals surface area contributed by atoms with Crippen molar-refractivity contribution >= 4 is 23.4 Å². The number of nitrogens with zero attached hydrogens (tertiary/aromatic N) is 2. The Morgan fingerprint density at radius 3 is 2.15 bits per heavy atom. The zero-order chi connectivity index (χ0) is 19.4. The summed E-state index contributed by atoms with van der Waals surface area (Å²) in [5.41, 5.74) is 2.69. The molecule has 3 rings (SSSR count). The molecule has 0 radical (unpaired) electrons. The van der Waals surface area contributed by atoms with Gasteiger partial charge in [-0.05, 0) is 42.8 Å². The molecular formula is C21H23N3O3. The molecule has 0 saturated carbocycles. The Hall–Kier alpha value is -3.15. The molecule has 1 aliphatic rings. The summed E-state index contributed by atoms with van der Waals surface area (Å²) in [6, 6.07) is 14.3. The van der Waals surface area contributed by atoms with E-state index in [1.807, 2.05) is 31.2 Å². The number of anilines is 1. The SMILES string of the molecule is CC(=O)N1CCN(C(=O)c2cccc(C(=O)Nc3cccc(C)c3)c2)CC1. The lowest BCUT2D eigenvalue weighted by Gasteiger charge is -2.34. The molecule has 0 unspecified atom stereocenters. The number of rotatable bonds is 3. The van der Waals surface area contributed by atoms with Gasteiger partial charge in [0.2, 0.25) is 5.91 Å². The number of hydrogen-bond donors (Lipinski definition) is 1. The number of amides is 3. The topological polar surface area (TPSA) is 69.7 Å². The number of aryl methyl sites for hydroxylation is 1. The van der Waals surface area contributed by atoms with Crippen molar-refractivity contribution in [1.29, 1.82) is 0 Å². The number of benzene rings is 2. The lowest BCUT2D eigenvalue weighted by molar-refractivity contribution is -0.130.